The van der Waals surface area contributed by atoms with E-state index in [1.165, 1.54) is 0 Å². The minimum absolute atomic E-state index is 0.205. The summed E-state index contributed by atoms with van der Waals surface area (Å²) in [4.78, 5) is 25.5. The van der Waals surface area contributed by atoms with Gasteiger partial charge in [-0.3, -0.25) is 4.79 Å². The molecule has 0 aliphatic carbocycles. The summed E-state index contributed by atoms with van der Waals surface area (Å²) in [6, 6.07) is 9.82. The predicted molar refractivity (Wildman–Crippen MR) is 101 cm³/mol. The predicted octanol–water partition coefficient (Wildman–Crippen LogP) is 2.47. The third kappa shape index (κ3) is 4.50. The van der Waals surface area contributed by atoms with Gasteiger partial charge >= 0.3 is 0 Å². The smallest absolute Gasteiger partial charge is 0.222 e. The van der Waals surface area contributed by atoms with E-state index in [-0.39, 0.29) is 5.91 Å². The van der Waals surface area contributed by atoms with Crippen molar-refractivity contribution in [1.82, 2.24) is 14.9 Å². The van der Waals surface area contributed by atoms with Crippen molar-refractivity contribution in [3.63, 3.8) is 0 Å². The van der Waals surface area contributed by atoms with Gasteiger partial charge in [-0.15, -0.1) is 0 Å². The summed E-state index contributed by atoms with van der Waals surface area (Å²) >= 11 is 0. The Morgan fingerprint density at radius 3 is 2.81 bits per heavy atom. The Labute approximate surface area is 154 Å². The van der Waals surface area contributed by atoms with Gasteiger partial charge in [-0.25, -0.2) is 9.97 Å². The van der Waals surface area contributed by atoms with E-state index in [2.05, 4.69) is 14.9 Å². The van der Waals surface area contributed by atoms with Crippen LogP contribution in [0.25, 0.3) is 0 Å². The quantitative estimate of drug-likeness (QED) is 0.825. The van der Waals surface area contributed by atoms with E-state index in [1.807, 2.05) is 42.2 Å². The van der Waals surface area contributed by atoms with Gasteiger partial charge in [0.05, 0.1) is 7.11 Å². The average molecular weight is 354 g/mol. The van der Waals surface area contributed by atoms with Crippen LogP contribution in [0.1, 0.15) is 24.2 Å². The molecule has 1 aromatic heterocycles. The summed E-state index contributed by atoms with van der Waals surface area (Å²) in [5.74, 6) is 2.77. The number of carbonyl (C=O) groups excluding carboxylic acids is 1. The summed E-state index contributed by atoms with van der Waals surface area (Å²) in [5, 5.41) is 0. The van der Waals surface area contributed by atoms with Crippen molar-refractivity contribution in [2.24, 2.45) is 0 Å². The van der Waals surface area contributed by atoms with Crippen molar-refractivity contribution in [3.8, 4) is 5.75 Å². The number of amides is 1. The first-order chi connectivity index (χ1) is 12.7. The van der Waals surface area contributed by atoms with E-state index in [9.17, 15) is 4.79 Å². The number of anilines is 1. The van der Waals surface area contributed by atoms with Gasteiger partial charge in [-0.05, 0) is 37.5 Å². The molecule has 2 aromatic rings. The zero-order valence-electron chi connectivity index (χ0n) is 15.5. The topological polar surface area (TPSA) is 58.6 Å². The number of aromatic nitrogens is 2. The molecular formula is C20H26N4O2. The summed E-state index contributed by atoms with van der Waals surface area (Å²) in [6.45, 7) is 5.14. The van der Waals surface area contributed by atoms with E-state index in [0.717, 1.165) is 55.6 Å². The number of hydrogen-bond donors (Lipinski definition) is 0. The molecule has 0 bridgehead atoms. The lowest BCUT2D eigenvalue weighted by molar-refractivity contribution is -0.130. The second-order valence-corrected chi connectivity index (χ2v) is 6.50. The van der Waals surface area contributed by atoms with Crippen LogP contribution in [0.5, 0.6) is 5.75 Å². The van der Waals surface area contributed by atoms with Gasteiger partial charge in [-0.1, -0.05) is 18.2 Å². The molecule has 138 valence electrons. The maximum absolute atomic E-state index is 12.7. The van der Waals surface area contributed by atoms with Gasteiger partial charge in [0.25, 0.3) is 0 Å². The van der Waals surface area contributed by atoms with Crippen molar-refractivity contribution < 1.29 is 9.53 Å². The van der Waals surface area contributed by atoms with Crippen LogP contribution in [0.2, 0.25) is 0 Å². The summed E-state index contributed by atoms with van der Waals surface area (Å²) in [6.07, 6.45) is 3.95. The Morgan fingerprint density at radius 1 is 1.15 bits per heavy atom. The molecule has 1 aromatic carbocycles. The normalized spacial score (nSPS) is 14.8. The first-order valence-electron chi connectivity index (χ1n) is 9.11. The van der Waals surface area contributed by atoms with Crippen LogP contribution >= 0.6 is 0 Å². The SMILES string of the molecule is COc1ccccc1CCC(=O)N1CCCN(c2ccnc(C)n2)CC1. The molecule has 1 aliphatic heterocycles. The molecule has 3 rings (SSSR count). The van der Waals surface area contributed by atoms with Gasteiger partial charge in [-0.2, -0.15) is 0 Å². The lowest BCUT2D eigenvalue weighted by atomic mass is 10.1. The van der Waals surface area contributed by atoms with Crippen LogP contribution < -0.4 is 9.64 Å². The van der Waals surface area contributed by atoms with Crippen LogP contribution in [-0.2, 0) is 11.2 Å². The Kier molecular flexibility index (Phi) is 6.04. The lowest BCUT2D eigenvalue weighted by Gasteiger charge is -2.23. The largest absolute Gasteiger partial charge is 0.496 e. The van der Waals surface area contributed by atoms with E-state index in [1.54, 1.807) is 13.3 Å². The highest BCUT2D eigenvalue weighted by Crippen LogP contribution is 2.20. The van der Waals surface area contributed by atoms with Gasteiger partial charge in [0.2, 0.25) is 5.91 Å². The number of para-hydroxylation sites is 1. The molecule has 0 spiro atoms. The maximum atomic E-state index is 12.7. The highest BCUT2D eigenvalue weighted by atomic mass is 16.5. The number of methoxy groups -OCH3 is 1. The molecule has 2 heterocycles. The maximum Gasteiger partial charge on any atom is 0.222 e. The molecule has 6 nitrogen and oxygen atoms in total. The van der Waals surface area contributed by atoms with E-state index in [4.69, 9.17) is 4.74 Å². The highest BCUT2D eigenvalue weighted by molar-refractivity contribution is 5.76. The fraction of sp³-hybridized carbons (Fsp3) is 0.450. The zero-order valence-corrected chi connectivity index (χ0v) is 15.5. The third-order valence-corrected chi connectivity index (χ3v) is 4.73. The Bertz CT molecular complexity index is 750. The third-order valence-electron chi connectivity index (χ3n) is 4.73. The number of rotatable bonds is 5. The van der Waals surface area contributed by atoms with Crippen LogP contribution in [0.15, 0.2) is 36.5 Å². The van der Waals surface area contributed by atoms with Crippen molar-refractivity contribution in [3.05, 3.63) is 47.9 Å². The number of ether oxygens (including phenoxy) is 1. The fourth-order valence-corrected chi connectivity index (χ4v) is 3.33. The van der Waals surface area contributed by atoms with Gasteiger partial charge in [0.15, 0.2) is 0 Å². The van der Waals surface area contributed by atoms with Gasteiger partial charge < -0.3 is 14.5 Å². The Hall–Kier alpha value is -2.63. The summed E-state index contributed by atoms with van der Waals surface area (Å²) in [5.41, 5.74) is 1.08. The van der Waals surface area contributed by atoms with E-state index in [0.29, 0.717) is 12.8 Å². The monoisotopic (exact) mass is 354 g/mol. The zero-order chi connectivity index (χ0) is 18.4. The van der Waals surface area contributed by atoms with Gasteiger partial charge in [0, 0.05) is 38.8 Å². The molecule has 6 heteroatoms. The average Bonchev–Trinajstić information content (AvgIpc) is 2.92. The molecule has 0 N–H and O–H groups in total. The molecule has 1 saturated heterocycles. The summed E-state index contributed by atoms with van der Waals surface area (Å²) in [7, 11) is 1.67. The van der Waals surface area contributed by atoms with Crippen LogP contribution in [-0.4, -0.2) is 54.1 Å². The number of nitrogens with zero attached hydrogens (tertiary/aromatic N) is 4. The second kappa shape index (κ2) is 8.65. The van der Waals surface area contributed by atoms with E-state index < -0.39 is 0 Å². The fourth-order valence-electron chi connectivity index (χ4n) is 3.33. The van der Waals surface area contributed by atoms with Crippen molar-refractivity contribution >= 4 is 11.7 Å². The van der Waals surface area contributed by atoms with Gasteiger partial charge in [0.1, 0.15) is 17.4 Å². The number of carbonyl (C=O) groups is 1. The second-order valence-electron chi connectivity index (χ2n) is 6.50. The summed E-state index contributed by atoms with van der Waals surface area (Å²) < 4.78 is 5.37. The van der Waals surface area contributed by atoms with Crippen LogP contribution in [0.4, 0.5) is 5.82 Å². The van der Waals surface area contributed by atoms with Crippen molar-refractivity contribution in [1.29, 1.82) is 0 Å². The first kappa shape index (κ1) is 18.2. The molecule has 26 heavy (non-hydrogen) atoms. The van der Waals surface area contributed by atoms with Crippen LogP contribution in [0.3, 0.4) is 0 Å². The highest BCUT2D eigenvalue weighted by Gasteiger charge is 2.20. The molecule has 0 saturated carbocycles. The molecular weight excluding hydrogens is 328 g/mol. The molecule has 1 amide bonds. The molecule has 0 radical (unpaired) electrons. The Balaban J connectivity index is 1.56. The lowest BCUT2D eigenvalue weighted by Crippen LogP contribution is -2.35. The van der Waals surface area contributed by atoms with Crippen molar-refractivity contribution in [2.75, 3.05) is 38.2 Å². The first-order valence-corrected chi connectivity index (χ1v) is 9.11. The number of hydrogen-bond acceptors (Lipinski definition) is 5. The number of benzene rings is 1. The molecule has 0 atom stereocenters. The standard InChI is InChI=1S/C20H26N4O2/c1-16-21-11-10-19(22-16)23-12-5-13-24(15-14-23)20(25)9-8-17-6-3-4-7-18(17)26-2/h3-4,6-7,10-11H,5,8-9,12-15H2,1-2H3. The minimum Gasteiger partial charge on any atom is -0.496 e. The Morgan fingerprint density at radius 2 is 2.00 bits per heavy atom. The molecule has 1 fully saturated rings. The molecule has 1 aliphatic rings. The van der Waals surface area contributed by atoms with Crippen LogP contribution in [0, 0.1) is 6.92 Å². The van der Waals surface area contributed by atoms with Crippen molar-refractivity contribution in [2.45, 2.75) is 26.2 Å². The number of aryl methyl sites for hydroxylation is 2. The molecule has 0 unspecified atom stereocenters. The van der Waals surface area contributed by atoms with E-state index >= 15 is 0 Å². The minimum atomic E-state index is 0.205.